The largest absolute Gasteiger partial charge is 0.493 e. The van der Waals surface area contributed by atoms with Gasteiger partial charge < -0.3 is 24.3 Å². The Bertz CT molecular complexity index is 1110. The number of aromatic nitrogens is 1. The lowest BCUT2D eigenvalue weighted by molar-refractivity contribution is -0.111. The number of nitrogens with zero attached hydrogens (tertiary/aromatic N) is 1. The maximum atomic E-state index is 12.4. The van der Waals surface area contributed by atoms with Crippen molar-refractivity contribution in [3.8, 4) is 23.0 Å². The predicted octanol–water partition coefficient (Wildman–Crippen LogP) is 4.93. The van der Waals surface area contributed by atoms with Gasteiger partial charge in [0.15, 0.2) is 23.0 Å². The van der Waals surface area contributed by atoms with Gasteiger partial charge in [-0.3, -0.25) is 9.78 Å². The first-order valence-corrected chi connectivity index (χ1v) is 9.80. The summed E-state index contributed by atoms with van der Waals surface area (Å²) in [5, 5.41) is 2.74. The number of ether oxygens (including phenoxy) is 4. The fourth-order valence-electron chi connectivity index (χ4n) is 2.84. The summed E-state index contributed by atoms with van der Waals surface area (Å²) in [6.07, 6.45) is 6.18. The normalized spacial score (nSPS) is 10.8. The number of hydrogen-bond donors (Lipinski definition) is 1. The van der Waals surface area contributed by atoms with E-state index in [-0.39, 0.29) is 11.5 Å². The molecule has 3 rings (SSSR count). The zero-order chi connectivity index (χ0) is 23.6. The van der Waals surface area contributed by atoms with E-state index in [0.717, 1.165) is 5.56 Å². The standard InChI is InChI=1S/C24H22F2N2O5/c1-30-19-7-5-18(14-22(19)32-15-17-9-11-27-12-10-17)28-23(29)8-4-16-3-6-20(33-24(25)26)21(13-16)31-2/h3-14,24H,15H2,1-2H3,(H,28,29)/b8-4+. The number of alkyl halides is 2. The van der Waals surface area contributed by atoms with Crippen LogP contribution >= 0.6 is 0 Å². The highest BCUT2D eigenvalue weighted by Gasteiger charge is 2.11. The number of amides is 1. The molecule has 172 valence electrons. The van der Waals surface area contributed by atoms with Gasteiger partial charge in [0.1, 0.15) is 6.61 Å². The third-order valence-electron chi connectivity index (χ3n) is 4.41. The number of methoxy groups -OCH3 is 2. The van der Waals surface area contributed by atoms with Gasteiger partial charge in [-0.25, -0.2) is 0 Å². The van der Waals surface area contributed by atoms with Crippen LogP contribution in [0.3, 0.4) is 0 Å². The molecule has 0 aliphatic rings. The molecule has 33 heavy (non-hydrogen) atoms. The summed E-state index contributed by atoms with van der Waals surface area (Å²) in [6, 6.07) is 13.1. The van der Waals surface area contributed by atoms with Crippen LogP contribution in [0.5, 0.6) is 23.0 Å². The molecule has 0 fully saturated rings. The van der Waals surface area contributed by atoms with Crippen molar-refractivity contribution < 1.29 is 32.5 Å². The third-order valence-corrected chi connectivity index (χ3v) is 4.41. The summed E-state index contributed by atoms with van der Waals surface area (Å²) in [4.78, 5) is 16.3. The minimum Gasteiger partial charge on any atom is -0.493 e. The van der Waals surface area contributed by atoms with Crippen molar-refractivity contribution in [1.29, 1.82) is 0 Å². The summed E-state index contributed by atoms with van der Waals surface area (Å²) < 4.78 is 45.5. The van der Waals surface area contributed by atoms with Crippen LogP contribution in [0.4, 0.5) is 14.5 Å². The second-order valence-corrected chi connectivity index (χ2v) is 6.62. The van der Waals surface area contributed by atoms with Crippen LogP contribution in [-0.4, -0.2) is 31.7 Å². The smallest absolute Gasteiger partial charge is 0.387 e. The molecule has 1 heterocycles. The average Bonchev–Trinajstić information content (AvgIpc) is 2.82. The van der Waals surface area contributed by atoms with Crippen molar-refractivity contribution in [2.45, 2.75) is 13.2 Å². The van der Waals surface area contributed by atoms with E-state index in [1.54, 1.807) is 30.6 Å². The van der Waals surface area contributed by atoms with Crippen LogP contribution in [0, 0.1) is 0 Å². The summed E-state index contributed by atoms with van der Waals surface area (Å²) in [7, 11) is 2.87. The van der Waals surface area contributed by atoms with Crippen LogP contribution in [0.1, 0.15) is 11.1 Å². The molecule has 0 atom stereocenters. The van der Waals surface area contributed by atoms with Crippen LogP contribution in [0.15, 0.2) is 67.0 Å². The van der Waals surface area contributed by atoms with Gasteiger partial charge in [0.25, 0.3) is 0 Å². The Morgan fingerprint density at radius 3 is 2.39 bits per heavy atom. The fourth-order valence-corrected chi connectivity index (χ4v) is 2.84. The molecule has 3 aromatic rings. The molecule has 0 aliphatic heterocycles. The molecule has 0 aliphatic carbocycles. The Morgan fingerprint density at radius 1 is 0.970 bits per heavy atom. The second-order valence-electron chi connectivity index (χ2n) is 6.62. The van der Waals surface area contributed by atoms with Gasteiger partial charge in [0, 0.05) is 30.2 Å². The van der Waals surface area contributed by atoms with Crippen molar-refractivity contribution in [3.63, 3.8) is 0 Å². The molecule has 9 heteroatoms. The number of carbonyl (C=O) groups excluding carboxylic acids is 1. The zero-order valence-corrected chi connectivity index (χ0v) is 18.0. The van der Waals surface area contributed by atoms with Gasteiger partial charge in [-0.15, -0.1) is 0 Å². The average molecular weight is 456 g/mol. The van der Waals surface area contributed by atoms with Crippen molar-refractivity contribution in [2.75, 3.05) is 19.5 Å². The summed E-state index contributed by atoms with van der Waals surface area (Å²) in [5.41, 5.74) is 2.01. The first kappa shape index (κ1) is 23.5. The van der Waals surface area contributed by atoms with Gasteiger partial charge in [-0.1, -0.05) is 6.07 Å². The van der Waals surface area contributed by atoms with Crippen molar-refractivity contribution in [1.82, 2.24) is 4.98 Å². The molecular formula is C24H22F2N2O5. The lowest BCUT2D eigenvalue weighted by Crippen LogP contribution is -2.08. The number of pyridine rings is 1. The summed E-state index contributed by atoms with van der Waals surface area (Å²) in [6.45, 7) is -2.65. The number of rotatable bonds is 10. The molecule has 0 unspecified atom stereocenters. The first-order valence-electron chi connectivity index (χ1n) is 9.80. The van der Waals surface area contributed by atoms with E-state index >= 15 is 0 Å². The molecule has 7 nitrogen and oxygen atoms in total. The van der Waals surface area contributed by atoms with Crippen LogP contribution in [-0.2, 0) is 11.4 Å². The minimum atomic E-state index is -2.96. The van der Waals surface area contributed by atoms with Gasteiger partial charge in [0.05, 0.1) is 14.2 Å². The van der Waals surface area contributed by atoms with Crippen LogP contribution < -0.4 is 24.3 Å². The van der Waals surface area contributed by atoms with Gasteiger partial charge >= 0.3 is 6.61 Å². The molecule has 0 saturated heterocycles. The molecule has 0 saturated carbocycles. The van der Waals surface area contributed by atoms with E-state index in [9.17, 15) is 13.6 Å². The molecule has 1 amide bonds. The van der Waals surface area contributed by atoms with Crippen molar-refractivity contribution in [2.24, 2.45) is 0 Å². The number of anilines is 1. The van der Waals surface area contributed by atoms with E-state index in [2.05, 4.69) is 15.0 Å². The summed E-state index contributed by atoms with van der Waals surface area (Å²) in [5.74, 6) is 0.633. The van der Waals surface area contributed by atoms with Crippen LogP contribution in [0.25, 0.3) is 6.08 Å². The Hall–Kier alpha value is -4.14. The highest BCUT2D eigenvalue weighted by atomic mass is 19.3. The molecule has 0 bridgehead atoms. The lowest BCUT2D eigenvalue weighted by Gasteiger charge is -2.12. The number of nitrogens with one attached hydrogen (secondary N) is 1. The quantitative estimate of drug-likeness (QED) is 0.436. The van der Waals surface area contributed by atoms with E-state index in [1.165, 1.54) is 44.6 Å². The van der Waals surface area contributed by atoms with Gasteiger partial charge in [-0.2, -0.15) is 8.78 Å². The monoisotopic (exact) mass is 456 g/mol. The number of halogens is 2. The Labute approximate surface area is 189 Å². The molecular weight excluding hydrogens is 434 g/mol. The molecule has 1 aromatic heterocycles. The highest BCUT2D eigenvalue weighted by Crippen LogP contribution is 2.31. The Morgan fingerprint density at radius 2 is 1.70 bits per heavy atom. The van der Waals surface area contributed by atoms with E-state index in [4.69, 9.17) is 14.2 Å². The third kappa shape index (κ3) is 6.93. The predicted molar refractivity (Wildman–Crippen MR) is 119 cm³/mol. The number of hydrogen-bond acceptors (Lipinski definition) is 6. The van der Waals surface area contributed by atoms with Crippen molar-refractivity contribution in [3.05, 3.63) is 78.1 Å². The maximum Gasteiger partial charge on any atom is 0.387 e. The maximum absolute atomic E-state index is 12.4. The first-order chi connectivity index (χ1) is 16.0. The Kier molecular flexibility index (Phi) is 8.18. The van der Waals surface area contributed by atoms with E-state index < -0.39 is 12.5 Å². The highest BCUT2D eigenvalue weighted by molar-refractivity contribution is 6.02. The number of carbonyl (C=O) groups is 1. The SMILES string of the molecule is COc1ccc(NC(=O)/C=C/c2ccc(OC(F)F)c(OC)c2)cc1OCc1ccncc1. The summed E-state index contributed by atoms with van der Waals surface area (Å²) >= 11 is 0. The van der Waals surface area contributed by atoms with E-state index in [1.807, 2.05) is 12.1 Å². The van der Waals surface area contributed by atoms with E-state index in [0.29, 0.717) is 29.4 Å². The van der Waals surface area contributed by atoms with Gasteiger partial charge in [0.2, 0.25) is 5.91 Å². The van der Waals surface area contributed by atoms with Crippen molar-refractivity contribution >= 4 is 17.7 Å². The fraction of sp³-hybridized carbons (Fsp3) is 0.167. The number of benzene rings is 2. The molecule has 2 aromatic carbocycles. The molecule has 0 radical (unpaired) electrons. The minimum absolute atomic E-state index is 0.0911. The molecule has 1 N–H and O–H groups in total. The lowest BCUT2D eigenvalue weighted by atomic mass is 10.2. The molecule has 0 spiro atoms. The van der Waals surface area contributed by atoms with Crippen LogP contribution in [0.2, 0.25) is 0 Å². The topological polar surface area (TPSA) is 78.9 Å². The zero-order valence-electron chi connectivity index (χ0n) is 18.0. The van der Waals surface area contributed by atoms with Gasteiger partial charge in [-0.05, 0) is 53.6 Å². The second kappa shape index (κ2) is 11.5. The Balaban J connectivity index is 1.66.